The van der Waals surface area contributed by atoms with Gasteiger partial charge in [0, 0.05) is 19.3 Å². The van der Waals surface area contributed by atoms with Crippen molar-refractivity contribution in [3.63, 3.8) is 0 Å². The summed E-state index contributed by atoms with van der Waals surface area (Å²) in [4.78, 5) is 6.31. The molecule has 3 aromatic rings. The lowest BCUT2D eigenvalue weighted by molar-refractivity contribution is -0.0512. The normalized spacial score (nSPS) is 11.0. The van der Waals surface area contributed by atoms with Crippen LogP contribution in [0.3, 0.4) is 0 Å². The Balaban J connectivity index is 1.55. The first kappa shape index (κ1) is 21.5. The van der Waals surface area contributed by atoms with Gasteiger partial charge in [0.05, 0.1) is 12.8 Å². The molecule has 0 unspecified atom stereocenters. The van der Waals surface area contributed by atoms with E-state index in [-0.39, 0.29) is 11.5 Å². The van der Waals surface area contributed by atoms with Gasteiger partial charge in [-0.05, 0) is 54.6 Å². The quantitative estimate of drug-likeness (QED) is 0.472. The fraction of sp³-hybridized carbons (Fsp3) is 0.261. The van der Waals surface area contributed by atoms with Crippen molar-refractivity contribution in [2.45, 2.75) is 26.3 Å². The fourth-order valence-corrected chi connectivity index (χ4v) is 3.02. The topological polar surface area (TPSA) is 43.8 Å². The number of hydrogen-bond acceptors (Lipinski definition) is 5. The van der Waals surface area contributed by atoms with Crippen LogP contribution >= 0.6 is 0 Å². The second-order valence-corrected chi connectivity index (χ2v) is 6.79. The van der Waals surface area contributed by atoms with Gasteiger partial charge in [0.15, 0.2) is 11.5 Å². The van der Waals surface area contributed by atoms with E-state index in [2.05, 4.69) is 14.6 Å². The average molecular weight is 414 g/mol. The van der Waals surface area contributed by atoms with Gasteiger partial charge < -0.3 is 14.2 Å². The molecule has 0 saturated heterocycles. The van der Waals surface area contributed by atoms with E-state index in [1.54, 1.807) is 18.3 Å². The van der Waals surface area contributed by atoms with Crippen molar-refractivity contribution in [2.24, 2.45) is 0 Å². The van der Waals surface area contributed by atoms with Crippen LogP contribution in [0.25, 0.3) is 0 Å². The molecular weight excluding hydrogens is 390 g/mol. The Bertz CT molecular complexity index is 921. The summed E-state index contributed by atoms with van der Waals surface area (Å²) in [6, 6.07) is 18.6. The summed E-state index contributed by atoms with van der Waals surface area (Å²) in [6.45, 7) is -1.22. The Morgan fingerprint density at radius 2 is 1.67 bits per heavy atom. The monoisotopic (exact) mass is 414 g/mol. The molecule has 0 fully saturated rings. The number of nitrogens with zero attached hydrogens (tertiary/aromatic N) is 2. The molecule has 0 saturated carbocycles. The summed E-state index contributed by atoms with van der Waals surface area (Å²) in [5, 5.41) is 0. The smallest absolute Gasteiger partial charge is 0.387 e. The van der Waals surface area contributed by atoms with Crippen LogP contribution in [0.4, 0.5) is 8.78 Å². The zero-order chi connectivity index (χ0) is 21.3. The second-order valence-electron chi connectivity index (χ2n) is 6.79. The maximum atomic E-state index is 12.6. The van der Waals surface area contributed by atoms with Crippen molar-refractivity contribution in [3.05, 3.63) is 83.7 Å². The first-order chi connectivity index (χ1) is 14.5. The van der Waals surface area contributed by atoms with Crippen LogP contribution in [-0.2, 0) is 19.7 Å². The molecule has 30 heavy (non-hydrogen) atoms. The standard InChI is InChI=1S/C23H24F2N2O3/c1-27(15-18-8-11-21(28-2)22(13-18)30-23(24)25)14-17-6-9-20(10-7-17)29-16-19-5-3-4-12-26-19/h3-13,23H,14-16H2,1-2H3. The number of aromatic nitrogens is 1. The van der Waals surface area contributed by atoms with Crippen LogP contribution in [-0.4, -0.2) is 30.7 Å². The summed E-state index contributed by atoms with van der Waals surface area (Å²) < 4.78 is 40.6. The molecule has 0 bridgehead atoms. The van der Waals surface area contributed by atoms with Gasteiger partial charge in [-0.2, -0.15) is 8.78 Å². The second kappa shape index (κ2) is 10.5. The predicted molar refractivity (Wildman–Crippen MR) is 110 cm³/mol. The number of rotatable bonds is 10. The van der Waals surface area contributed by atoms with E-state index in [4.69, 9.17) is 9.47 Å². The molecule has 0 aliphatic heterocycles. The Hall–Kier alpha value is -3.19. The molecule has 0 amide bonds. The van der Waals surface area contributed by atoms with Gasteiger partial charge in [0.1, 0.15) is 12.4 Å². The van der Waals surface area contributed by atoms with Gasteiger partial charge in [-0.15, -0.1) is 0 Å². The highest BCUT2D eigenvalue weighted by Crippen LogP contribution is 2.30. The van der Waals surface area contributed by atoms with E-state index >= 15 is 0 Å². The molecule has 0 N–H and O–H groups in total. The number of hydrogen-bond donors (Lipinski definition) is 0. The van der Waals surface area contributed by atoms with Crippen LogP contribution in [0.5, 0.6) is 17.2 Å². The van der Waals surface area contributed by atoms with E-state index in [1.807, 2.05) is 55.6 Å². The fourth-order valence-electron chi connectivity index (χ4n) is 3.02. The number of methoxy groups -OCH3 is 1. The first-order valence-electron chi connectivity index (χ1n) is 9.45. The minimum Gasteiger partial charge on any atom is -0.493 e. The van der Waals surface area contributed by atoms with Gasteiger partial charge in [0.2, 0.25) is 0 Å². The maximum Gasteiger partial charge on any atom is 0.387 e. The van der Waals surface area contributed by atoms with Crippen molar-refractivity contribution in [1.82, 2.24) is 9.88 Å². The Kier molecular flexibility index (Phi) is 7.57. The van der Waals surface area contributed by atoms with E-state index in [1.165, 1.54) is 7.11 Å². The number of benzene rings is 2. The number of pyridine rings is 1. The average Bonchev–Trinajstić information content (AvgIpc) is 2.74. The SMILES string of the molecule is COc1ccc(CN(C)Cc2ccc(OCc3ccccn3)cc2)cc1OC(F)F. The zero-order valence-corrected chi connectivity index (χ0v) is 16.9. The Morgan fingerprint density at radius 1 is 0.933 bits per heavy atom. The maximum absolute atomic E-state index is 12.6. The van der Waals surface area contributed by atoms with E-state index in [9.17, 15) is 8.78 Å². The van der Waals surface area contributed by atoms with E-state index in [0.717, 1.165) is 22.6 Å². The summed E-state index contributed by atoms with van der Waals surface area (Å²) in [5.41, 5.74) is 2.83. The lowest BCUT2D eigenvalue weighted by Crippen LogP contribution is -2.17. The third-order valence-corrected chi connectivity index (χ3v) is 4.39. The highest BCUT2D eigenvalue weighted by Gasteiger charge is 2.12. The minimum atomic E-state index is -2.90. The van der Waals surface area contributed by atoms with Gasteiger partial charge >= 0.3 is 6.61 Å². The Labute approximate surface area is 174 Å². The highest BCUT2D eigenvalue weighted by molar-refractivity contribution is 5.43. The molecule has 5 nitrogen and oxygen atoms in total. The Morgan fingerprint density at radius 3 is 2.33 bits per heavy atom. The van der Waals surface area contributed by atoms with E-state index < -0.39 is 6.61 Å². The van der Waals surface area contributed by atoms with Crippen molar-refractivity contribution < 1.29 is 23.0 Å². The molecule has 158 valence electrons. The minimum absolute atomic E-state index is 0.0350. The number of ether oxygens (including phenoxy) is 3. The molecule has 1 aromatic heterocycles. The van der Waals surface area contributed by atoms with Gasteiger partial charge in [-0.1, -0.05) is 24.3 Å². The summed E-state index contributed by atoms with van der Waals surface area (Å²) >= 11 is 0. The molecule has 0 radical (unpaired) electrons. The number of halogens is 2. The molecule has 1 heterocycles. The summed E-state index contributed by atoms with van der Waals surface area (Å²) in [7, 11) is 3.38. The van der Waals surface area contributed by atoms with Crippen molar-refractivity contribution in [3.8, 4) is 17.2 Å². The molecule has 0 spiro atoms. The molecular formula is C23H24F2N2O3. The van der Waals surface area contributed by atoms with Crippen molar-refractivity contribution >= 4 is 0 Å². The summed E-state index contributed by atoms with van der Waals surface area (Å²) in [6.07, 6.45) is 1.74. The first-order valence-corrected chi connectivity index (χ1v) is 9.45. The summed E-state index contributed by atoms with van der Waals surface area (Å²) in [5.74, 6) is 1.09. The predicted octanol–water partition coefficient (Wildman–Crippen LogP) is 4.90. The molecule has 3 rings (SSSR count). The van der Waals surface area contributed by atoms with Crippen LogP contribution in [0.1, 0.15) is 16.8 Å². The van der Waals surface area contributed by atoms with Crippen LogP contribution in [0.15, 0.2) is 66.9 Å². The van der Waals surface area contributed by atoms with Crippen LogP contribution < -0.4 is 14.2 Å². The van der Waals surface area contributed by atoms with Crippen molar-refractivity contribution in [1.29, 1.82) is 0 Å². The molecule has 7 heteroatoms. The van der Waals surface area contributed by atoms with Crippen molar-refractivity contribution in [2.75, 3.05) is 14.2 Å². The lowest BCUT2D eigenvalue weighted by atomic mass is 10.1. The van der Waals surface area contributed by atoms with Crippen LogP contribution in [0.2, 0.25) is 0 Å². The largest absolute Gasteiger partial charge is 0.493 e. The van der Waals surface area contributed by atoms with E-state index in [0.29, 0.717) is 19.7 Å². The number of alkyl halides is 2. The van der Waals surface area contributed by atoms with Gasteiger partial charge in [-0.25, -0.2) is 0 Å². The molecule has 0 aliphatic rings. The van der Waals surface area contributed by atoms with Crippen LogP contribution in [0, 0.1) is 0 Å². The zero-order valence-electron chi connectivity index (χ0n) is 16.9. The molecule has 0 atom stereocenters. The molecule has 2 aromatic carbocycles. The third-order valence-electron chi connectivity index (χ3n) is 4.39. The highest BCUT2D eigenvalue weighted by atomic mass is 19.3. The third kappa shape index (κ3) is 6.42. The molecule has 0 aliphatic carbocycles. The van der Waals surface area contributed by atoms with Gasteiger partial charge in [0.25, 0.3) is 0 Å². The van der Waals surface area contributed by atoms with Gasteiger partial charge in [-0.3, -0.25) is 9.88 Å². The lowest BCUT2D eigenvalue weighted by Gasteiger charge is -2.18.